The summed E-state index contributed by atoms with van der Waals surface area (Å²) in [6, 6.07) is 5.69. The van der Waals surface area contributed by atoms with E-state index in [1.807, 2.05) is 6.92 Å². The molecule has 1 unspecified atom stereocenters. The van der Waals surface area contributed by atoms with Crippen LogP contribution in [0.5, 0.6) is 5.75 Å². The third-order valence-electron chi connectivity index (χ3n) is 2.91. The van der Waals surface area contributed by atoms with Crippen LogP contribution in [0, 0.1) is 16.0 Å². The van der Waals surface area contributed by atoms with E-state index >= 15 is 0 Å². The Kier molecular flexibility index (Phi) is 7.17. The molecule has 1 amide bonds. The number of ether oxygens (including phenoxy) is 1. The predicted molar refractivity (Wildman–Crippen MR) is 77.1 cm³/mol. The van der Waals surface area contributed by atoms with E-state index in [9.17, 15) is 14.9 Å². The maximum absolute atomic E-state index is 11.5. The minimum atomic E-state index is -0.519. The van der Waals surface area contributed by atoms with E-state index in [0.717, 1.165) is 12.8 Å². The van der Waals surface area contributed by atoms with Gasteiger partial charge in [0, 0.05) is 19.2 Å². The van der Waals surface area contributed by atoms with Gasteiger partial charge in [0.05, 0.1) is 11.0 Å². The number of rotatable bonds is 9. The molecule has 116 valence electrons. The molecule has 7 heteroatoms. The minimum Gasteiger partial charge on any atom is -0.484 e. The molecular formula is C14H20N2O5. The van der Waals surface area contributed by atoms with Crippen LogP contribution < -0.4 is 10.1 Å². The number of hydrogen-bond donors (Lipinski definition) is 2. The van der Waals surface area contributed by atoms with E-state index in [4.69, 9.17) is 9.84 Å². The average molecular weight is 296 g/mol. The normalized spacial score (nSPS) is 11.7. The molecule has 1 aromatic rings. The summed E-state index contributed by atoms with van der Waals surface area (Å²) in [4.78, 5) is 21.6. The summed E-state index contributed by atoms with van der Waals surface area (Å²) in [5, 5.41) is 22.1. The fourth-order valence-corrected chi connectivity index (χ4v) is 1.66. The highest BCUT2D eigenvalue weighted by Gasteiger charge is 2.08. The zero-order chi connectivity index (χ0) is 15.7. The number of aliphatic hydroxyl groups is 1. The highest BCUT2D eigenvalue weighted by molar-refractivity contribution is 5.77. The van der Waals surface area contributed by atoms with Crippen molar-refractivity contribution in [2.24, 2.45) is 5.92 Å². The van der Waals surface area contributed by atoms with Crippen LogP contribution in [0.25, 0.3) is 0 Å². The average Bonchev–Trinajstić information content (AvgIpc) is 2.49. The maximum Gasteiger partial charge on any atom is 0.273 e. The third kappa shape index (κ3) is 6.71. The molecule has 0 aliphatic rings. The first-order chi connectivity index (χ1) is 10.0. The summed E-state index contributed by atoms with van der Waals surface area (Å²) >= 11 is 0. The molecule has 21 heavy (non-hydrogen) atoms. The summed E-state index contributed by atoms with van der Waals surface area (Å²) in [6.45, 7) is 2.41. The molecule has 0 spiro atoms. The van der Waals surface area contributed by atoms with E-state index in [1.165, 1.54) is 18.2 Å². The van der Waals surface area contributed by atoms with Crippen LogP contribution in [0.3, 0.4) is 0 Å². The van der Waals surface area contributed by atoms with Crippen LogP contribution in [-0.4, -0.2) is 35.7 Å². The topological polar surface area (TPSA) is 102 Å². The van der Waals surface area contributed by atoms with Gasteiger partial charge < -0.3 is 15.2 Å². The maximum atomic E-state index is 11.5. The summed E-state index contributed by atoms with van der Waals surface area (Å²) in [6.07, 6.45) is 1.62. The predicted octanol–water partition coefficient (Wildman–Crippen LogP) is 1.50. The number of nitro groups is 1. The molecule has 0 aliphatic heterocycles. The Morgan fingerprint density at radius 1 is 1.52 bits per heavy atom. The molecular weight excluding hydrogens is 276 g/mol. The van der Waals surface area contributed by atoms with Crippen LogP contribution in [0.2, 0.25) is 0 Å². The lowest BCUT2D eigenvalue weighted by molar-refractivity contribution is -0.384. The molecule has 0 aliphatic carbocycles. The first kappa shape index (κ1) is 16.9. The zero-order valence-electron chi connectivity index (χ0n) is 11.9. The summed E-state index contributed by atoms with van der Waals surface area (Å²) in [5.74, 6) is 0.231. The number of carbonyl (C=O) groups is 1. The Hall–Kier alpha value is -2.15. The Labute approximate surface area is 123 Å². The molecule has 1 rings (SSSR count). The lowest BCUT2D eigenvalue weighted by atomic mass is 10.1. The number of carbonyl (C=O) groups excluding carboxylic acids is 1. The van der Waals surface area contributed by atoms with Gasteiger partial charge in [0.15, 0.2) is 6.61 Å². The van der Waals surface area contributed by atoms with Crippen molar-refractivity contribution in [1.29, 1.82) is 0 Å². The second kappa shape index (κ2) is 8.91. The van der Waals surface area contributed by atoms with Gasteiger partial charge in [-0.05, 0) is 24.8 Å². The summed E-state index contributed by atoms with van der Waals surface area (Å²) in [5.41, 5.74) is -0.0779. The molecule has 0 bridgehead atoms. The van der Waals surface area contributed by atoms with Crippen molar-refractivity contribution in [1.82, 2.24) is 5.32 Å². The van der Waals surface area contributed by atoms with Crippen molar-refractivity contribution >= 4 is 11.6 Å². The van der Waals surface area contributed by atoms with Gasteiger partial charge in [-0.25, -0.2) is 0 Å². The number of non-ortho nitro benzene ring substituents is 1. The van der Waals surface area contributed by atoms with Crippen molar-refractivity contribution in [2.75, 3.05) is 19.8 Å². The lowest BCUT2D eigenvalue weighted by Gasteiger charge is -2.09. The van der Waals surface area contributed by atoms with Crippen LogP contribution in [0.1, 0.15) is 19.8 Å². The fraction of sp³-hybridized carbons (Fsp3) is 0.500. The number of aliphatic hydroxyl groups excluding tert-OH is 1. The largest absolute Gasteiger partial charge is 0.484 e. The van der Waals surface area contributed by atoms with Crippen molar-refractivity contribution < 1.29 is 19.6 Å². The quantitative estimate of drug-likeness (QED) is 0.408. The Morgan fingerprint density at radius 2 is 2.29 bits per heavy atom. The van der Waals surface area contributed by atoms with Crippen LogP contribution in [-0.2, 0) is 4.79 Å². The molecule has 1 atom stereocenters. The van der Waals surface area contributed by atoms with Gasteiger partial charge in [0.25, 0.3) is 11.6 Å². The number of nitrogens with one attached hydrogen (secondary N) is 1. The molecule has 0 saturated carbocycles. The van der Waals surface area contributed by atoms with Gasteiger partial charge in [-0.2, -0.15) is 0 Å². The zero-order valence-corrected chi connectivity index (χ0v) is 11.9. The van der Waals surface area contributed by atoms with E-state index in [1.54, 1.807) is 6.07 Å². The van der Waals surface area contributed by atoms with E-state index < -0.39 is 4.92 Å². The fourth-order valence-electron chi connectivity index (χ4n) is 1.66. The van der Waals surface area contributed by atoms with Gasteiger partial charge >= 0.3 is 0 Å². The van der Waals surface area contributed by atoms with Crippen LogP contribution >= 0.6 is 0 Å². The third-order valence-corrected chi connectivity index (χ3v) is 2.91. The molecule has 2 N–H and O–H groups in total. The Balaban J connectivity index is 2.27. The number of hydrogen-bond acceptors (Lipinski definition) is 5. The van der Waals surface area contributed by atoms with Crippen molar-refractivity contribution in [3.8, 4) is 5.75 Å². The first-order valence-electron chi connectivity index (χ1n) is 6.77. The highest BCUT2D eigenvalue weighted by Crippen LogP contribution is 2.18. The number of nitrogens with zero attached hydrogens (tertiary/aromatic N) is 1. The SMILES string of the molecule is CC(CO)CCCNC(=O)COc1cccc([N+](=O)[O-])c1. The van der Waals surface area contributed by atoms with Gasteiger partial charge in [0.2, 0.25) is 0 Å². The highest BCUT2D eigenvalue weighted by atomic mass is 16.6. The Bertz CT molecular complexity index is 478. The number of amides is 1. The standard InChI is InChI=1S/C14H20N2O5/c1-11(9-17)4-3-7-15-14(18)10-21-13-6-2-5-12(8-13)16(19)20/h2,5-6,8,11,17H,3-4,7,9-10H2,1H3,(H,15,18). The van der Waals surface area contributed by atoms with Crippen molar-refractivity contribution in [3.05, 3.63) is 34.4 Å². The summed E-state index contributed by atoms with van der Waals surface area (Å²) < 4.78 is 5.20. The lowest BCUT2D eigenvalue weighted by Crippen LogP contribution is -2.29. The van der Waals surface area contributed by atoms with E-state index in [2.05, 4.69) is 5.32 Å². The van der Waals surface area contributed by atoms with Crippen molar-refractivity contribution in [3.63, 3.8) is 0 Å². The molecule has 0 radical (unpaired) electrons. The molecule has 7 nitrogen and oxygen atoms in total. The van der Waals surface area contributed by atoms with Gasteiger partial charge in [-0.15, -0.1) is 0 Å². The van der Waals surface area contributed by atoms with E-state index in [0.29, 0.717) is 6.54 Å². The number of benzene rings is 1. The van der Waals surface area contributed by atoms with Crippen molar-refractivity contribution in [2.45, 2.75) is 19.8 Å². The monoisotopic (exact) mass is 296 g/mol. The van der Waals surface area contributed by atoms with Crippen LogP contribution in [0.15, 0.2) is 24.3 Å². The van der Waals surface area contributed by atoms with E-state index in [-0.39, 0.29) is 36.5 Å². The molecule has 1 aromatic carbocycles. The summed E-state index contributed by atoms with van der Waals surface area (Å²) in [7, 11) is 0. The molecule has 0 fully saturated rings. The van der Waals surface area contributed by atoms with Gasteiger partial charge in [-0.1, -0.05) is 13.0 Å². The van der Waals surface area contributed by atoms with Gasteiger partial charge in [0.1, 0.15) is 5.75 Å². The second-order valence-corrected chi connectivity index (χ2v) is 4.82. The number of nitro benzene ring substituents is 1. The molecule has 0 heterocycles. The van der Waals surface area contributed by atoms with Crippen LogP contribution in [0.4, 0.5) is 5.69 Å². The molecule has 0 aromatic heterocycles. The Morgan fingerprint density at radius 3 is 2.95 bits per heavy atom. The molecule has 0 saturated heterocycles. The van der Waals surface area contributed by atoms with Gasteiger partial charge in [-0.3, -0.25) is 14.9 Å². The minimum absolute atomic E-state index is 0.0779. The second-order valence-electron chi connectivity index (χ2n) is 4.82. The smallest absolute Gasteiger partial charge is 0.273 e. The first-order valence-corrected chi connectivity index (χ1v) is 6.77.